The number of benzene rings is 2. The van der Waals surface area contributed by atoms with Crippen molar-refractivity contribution in [1.82, 2.24) is 0 Å². The minimum absolute atomic E-state index is 0.217. The Bertz CT molecular complexity index is 697. The molecule has 0 spiro atoms. The van der Waals surface area contributed by atoms with Crippen LogP contribution in [0.15, 0.2) is 42.5 Å². The van der Waals surface area contributed by atoms with E-state index in [4.69, 9.17) is 14.2 Å². The second-order valence-electron chi connectivity index (χ2n) is 5.57. The third-order valence-corrected chi connectivity index (χ3v) is 3.94. The van der Waals surface area contributed by atoms with Gasteiger partial charge in [0.2, 0.25) is 0 Å². The van der Waals surface area contributed by atoms with E-state index in [2.05, 4.69) is 12.2 Å². The number of rotatable bonds is 8. The fraction of sp³-hybridized carbons (Fsp3) is 0.350. The Labute approximate surface area is 148 Å². The van der Waals surface area contributed by atoms with Crippen molar-refractivity contribution in [3.8, 4) is 17.2 Å². The lowest BCUT2D eigenvalue weighted by atomic mass is 10.1. The molecule has 0 aliphatic heterocycles. The lowest BCUT2D eigenvalue weighted by Gasteiger charge is -2.18. The molecule has 1 N–H and O–H groups in total. The van der Waals surface area contributed by atoms with Gasteiger partial charge in [0.05, 0.1) is 19.9 Å². The van der Waals surface area contributed by atoms with Gasteiger partial charge in [-0.3, -0.25) is 4.79 Å². The highest BCUT2D eigenvalue weighted by Crippen LogP contribution is 2.29. The van der Waals surface area contributed by atoms with Crippen molar-refractivity contribution < 1.29 is 19.0 Å². The molecule has 1 amide bonds. The van der Waals surface area contributed by atoms with Crippen LogP contribution < -0.4 is 19.5 Å². The van der Waals surface area contributed by atoms with E-state index in [1.54, 1.807) is 32.4 Å². The van der Waals surface area contributed by atoms with Gasteiger partial charge in [-0.25, -0.2) is 0 Å². The third kappa shape index (κ3) is 4.89. The number of anilines is 1. The van der Waals surface area contributed by atoms with E-state index in [0.717, 1.165) is 6.42 Å². The van der Waals surface area contributed by atoms with E-state index in [0.29, 0.717) is 29.4 Å². The normalized spacial score (nSPS) is 11.5. The van der Waals surface area contributed by atoms with Crippen molar-refractivity contribution in [3.05, 3.63) is 48.0 Å². The van der Waals surface area contributed by atoms with Crippen LogP contribution >= 0.6 is 0 Å². The number of methoxy groups -OCH3 is 2. The van der Waals surface area contributed by atoms with Gasteiger partial charge in [-0.05, 0) is 42.7 Å². The molecule has 1 atom stereocenters. The van der Waals surface area contributed by atoms with E-state index < -0.39 is 6.10 Å². The summed E-state index contributed by atoms with van der Waals surface area (Å²) < 4.78 is 16.3. The number of amides is 1. The highest BCUT2D eigenvalue weighted by atomic mass is 16.5. The number of aryl methyl sites for hydroxylation is 1. The molecule has 0 radical (unpaired) electrons. The van der Waals surface area contributed by atoms with Gasteiger partial charge < -0.3 is 19.5 Å². The Hall–Kier alpha value is -2.69. The first-order chi connectivity index (χ1) is 12.1. The second kappa shape index (κ2) is 8.97. The molecule has 0 saturated heterocycles. The maximum Gasteiger partial charge on any atom is 0.265 e. The van der Waals surface area contributed by atoms with Crippen LogP contribution in [0.4, 0.5) is 5.69 Å². The molecule has 0 aromatic heterocycles. The van der Waals surface area contributed by atoms with Crippen LogP contribution in [-0.4, -0.2) is 26.2 Å². The molecule has 134 valence electrons. The summed E-state index contributed by atoms with van der Waals surface area (Å²) in [5.41, 5.74) is 1.81. The van der Waals surface area contributed by atoms with Crippen LogP contribution in [-0.2, 0) is 11.2 Å². The lowest BCUT2D eigenvalue weighted by Crippen LogP contribution is -2.32. The predicted molar refractivity (Wildman–Crippen MR) is 98.7 cm³/mol. The van der Waals surface area contributed by atoms with Gasteiger partial charge in [-0.1, -0.05) is 26.0 Å². The topological polar surface area (TPSA) is 56.8 Å². The molecule has 0 fully saturated rings. The summed E-state index contributed by atoms with van der Waals surface area (Å²) in [7, 11) is 3.13. The highest BCUT2D eigenvalue weighted by Gasteiger charge is 2.20. The van der Waals surface area contributed by atoms with E-state index in [-0.39, 0.29) is 5.91 Å². The molecule has 0 bridgehead atoms. The highest BCUT2D eigenvalue weighted by molar-refractivity contribution is 5.95. The summed E-state index contributed by atoms with van der Waals surface area (Å²) in [5.74, 6) is 1.66. The zero-order valence-electron chi connectivity index (χ0n) is 15.2. The van der Waals surface area contributed by atoms with Crippen molar-refractivity contribution in [2.45, 2.75) is 32.8 Å². The van der Waals surface area contributed by atoms with E-state index in [9.17, 15) is 4.79 Å². The summed E-state index contributed by atoms with van der Waals surface area (Å²) in [6, 6.07) is 13.0. The van der Waals surface area contributed by atoms with Gasteiger partial charge in [0.1, 0.15) is 17.2 Å². The van der Waals surface area contributed by atoms with Crippen molar-refractivity contribution in [2.24, 2.45) is 0 Å². The molecule has 0 saturated carbocycles. The predicted octanol–water partition coefficient (Wildman–Crippen LogP) is 4.06. The van der Waals surface area contributed by atoms with Gasteiger partial charge in [-0.15, -0.1) is 0 Å². The first kappa shape index (κ1) is 18.6. The van der Waals surface area contributed by atoms with Crippen molar-refractivity contribution in [3.63, 3.8) is 0 Å². The van der Waals surface area contributed by atoms with Crippen molar-refractivity contribution >= 4 is 11.6 Å². The van der Waals surface area contributed by atoms with E-state index >= 15 is 0 Å². The van der Waals surface area contributed by atoms with Crippen LogP contribution in [0, 0.1) is 0 Å². The average molecular weight is 343 g/mol. The quantitative estimate of drug-likeness (QED) is 0.785. The maximum absolute atomic E-state index is 12.6. The molecule has 0 aliphatic carbocycles. The Kier molecular flexibility index (Phi) is 6.69. The molecule has 0 unspecified atom stereocenters. The summed E-state index contributed by atoms with van der Waals surface area (Å²) in [5, 5.41) is 2.86. The Morgan fingerprint density at radius 1 is 1.00 bits per heavy atom. The summed E-state index contributed by atoms with van der Waals surface area (Å²) >= 11 is 0. The minimum atomic E-state index is -0.584. The molecular formula is C20H25NO4. The molecule has 5 heteroatoms. The molecule has 2 aromatic rings. The average Bonchev–Trinajstić information content (AvgIpc) is 2.66. The van der Waals surface area contributed by atoms with Gasteiger partial charge in [0.25, 0.3) is 5.91 Å². The monoisotopic (exact) mass is 343 g/mol. The second-order valence-corrected chi connectivity index (χ2v) is 5.57. The molecular weight excluding hydrogens is 318 g/mol. The molecule has 5 nitrogen and oxygen atoms in total. The standard InChI is InChI=1S/C20H25NO4/c1-5-14-7-9-15(10-8-14)25-18(6-2)20(22)21-17-12-11-16(23-3)13-19(17)24-4/h7-13,18H,5-6H2,1-4H3,(H,21,22)/t18-/m1/s1. The zero-order chi connectivity index (χ0) is 18.2. The van der Waals surface area contributed by atoms with Crippen LogP contribution in [0.5, 0.6) is 17.2 Å². The van der Waals surface area contributed by atoms with Crippen molar-refractivity contribution in [2.75, 3.05) is 19.5 Å². The zero-order valence-corrected chi connectivity index (χ0v) is 15.2. The molecule has 2 aromatic carbocycles. The Morgan fingerprint density at radius 2 is 1.68 bits per heavy atom. The molecule has 0 aliphatic rings. The van der Waals surface area contributed by atoms with Crippen LogP contribution in [0.1, 0.15) is 25.8 Å². The Morgan fingerprint density at radius 3 is 2.24 bits per heavy atom. The smallest absolute Gasteiger partial charge is 0.265 e. The Balaban J connectivity index is 2.08. The fourth-order valence-corrected chi connectivity index (χ4v) is 2.41. The van der Waals surface area contributed by atoms with Gasteiger partial charge >= 0.3 is 0 Å². The first-order valence-electron chi connectivity index (χ1n) is 8.39. The summed E-state index contributed by atoms with van der Waals surface area (Å²) in [6.07, 6.45) is 0.939. The lowest BCUT2D eigenvalue weighted by molar-refractivity contribution is -0.122. The summed E-state index contributed by atoms with van der Waals surface area (Å²) in [6.45, 7) is 4.01. The molecule has 2 rings (SSSR count). The third-order valence-electron chi connectivity index (χ3n) is 3.94. The van der Waals surface area contributed by atoms with E-state index in [1.807, 2.05) is 31.2 Å². The van der Waals surface area contributed by atoms with Gasteiger partial charge in [0, 0.05) is 6.07 Å². The largest absolute Gasteiger partial charge is 0.497 e. The van der Waals surface area contributed by atoms with Crippen molar-refractivity contribution in [1.29, 1.82) is 0 Å². The number of carbonyl (C=O) groups excluding carboxylic acids is 1. The fourth-order valence-electron chi connectivity index (χ4n) is 2.41. The SMILES string of the molecule is CCc1ccc(O[C@H](CC)C(=O)Nc2ccc(OC)cc2OC)cc1. The first-order valence-corrected chi connectivity index (χ1v) is 8.39. The number of hydrogen-bond acceptors (Lipinski definition) is 4. The number of ether oxygens (including phenoxy) is 3. The van der Waals surface area contributed by atoms with Gasteiger partial charge in [0.15, 0.2) is 6.10 Å². The minimum Gasteiger partial charge on any atom is -0.497 e. The van der Waals surface area contributed by atoms with Gasteiger partial charge in [-0.2, -0.15) is 0 Å². The molecule has 25 heavy (non-hydrogen) atoms. The molecule has 0 heterocycles. The van der Waals surface area contributed by atoms with E-state index in [1.165, 1.54) is 5.56 Å². The number of hydrogen-bond donors (Lipinski definition) is 1. The van der Waals surface area contributed by atoms with Crippen LogP contribution in [0.3, 0.4) is 0 Å². The van der Waals surface area contributed by atoms with Crippen LogP contribution in [0.2, 0.25) is 0 Å². The number of nitrogens with one attached hydrogen (secondary N) is 1. The maximum atomic E-state index is 12.6. The number of carbonyl (C=O) groups is 1. The van der Waals surface area contributed by atoms with Crippen LogP contribution in [0.25, 0.3) is 0 Å². The summed E-state index contributed by atoms with van der Waals surface area (Å²) in [4.78, 5) is 12.6.